The zero-order chi connectivity index (χ0) is 19.2. The van der Waals surface area contributed by atoms with E-state index in [0.717, 1.165) is 27.5 Å². The fourth-order valence-corrected chi connectivity index (χ4v) is 2.68. The lowest BCUT2D eigenvalue weighted by Crippen LogP contribution is -2.40. The number of hydrogen-bond donors (Lipinski definition) is 4. The van der Waals surface area contributed by atoms with Gasteiger partial charge in [-0.05, 0) is 12.1 Å². The molecular formula is C19H18N4O4. The van der Waals surface area contributed by atoms with Gasteiger partial charge in [-0.2, -0.15) is 0 Å². The lowest BCUT2D eigenvalue weighted by atomic mass is 10.1. The Morgan fingerprint density at radius 1 is 0.778 bits per heavy atom. The number of carbonyl (C=O) groups excluding carboxylic acids is 2. The van der Waals surface area contributed by atoms with Gasteiger partial charge in [0.15, 0.2) is 0 Å². The maximum absolute atomic E-state index is 12.0. The zero-order valence-electron chi connectivity index (χ0n) is 14.4. The number of carboxylic acid groups (broad SMARTS) is 1. The van der Waals surface area contributed by atoms with Crippen LogP contribution < -0.4 is 16.0 Å². The first kappa shape index (κ1) is 18.1. The molecule has 0 aliphatic heterocycles. The highest BCUT2D eigenvalue weighted by Crippen LogP contribution is 2.30. The predicted octanol–water partition coefficient (Wildman–Crippen LogP) is 1.12. The van der Waals surface area contributed by atoms with E-state index in [-0.39, 0.29) is 19.0 Å². The Labute approximate surface area is 154 Å². The topological polar surface area (TPSA) is 120 Å². The Morgan fingerprint density at radius 2 is 1.30 bits per heavy atom. The van der Waals surface area contributed by atoms with Gasteiger partial charge in [-0.25, -0.2) is 4.98 Å². The van der Waals surface area contributed by atoms with Crippen molar-refractivity contribution < 1.29 is 19.5 Å². The zero-order valence-corrected chi connectivity index (χ0v) is 14.4. The van der Waals surface area contributed by atoms with Gasteiger partial charge in [-0.3, -0.25) is 14.4 Å². The molecule has 138 valence electrons. The van der Waals surface area contributed by atoms with Gasteiger partial charge in [-0.1, -0.05) is 36.4 Å². The molecule has 0 aliphatic carbocycles. The number of carbonyl (C=O) groups is 3. The van der Waals surface area contributed by atoms with Crippen molar-refractivity contribution in [2.45, 2.75) is 0 Å². The Bertz CT molecular complexity index is 965. The number of hydrogen-bond acceptors (Lipinski definition) is 5. The van der Waals surface area contributed by atoms with Gasteiger partial charge in [-0.15, -0.1) is 0 Å². The molecule has 0 spiro atoms. The molecule has 2 aromatic carbocycles. The van der Waals surface area contributed by atoms with Crippen molar-refractivity contribution in [3.05, 3.63) is 48.5 Å². The third-order valence-corrected chi connectivity index (χ3v) is 3.90. The van der Waals surface area contributed by atoms with Gasteiger partial charge in [0.05, 0.1) is 29.8 Å². The van der Waals surface area contributed by atoms with Gasteiger partial charge in [0.1, 0.15) is 6.54 Å². The lowest BCUT2D eigenvalue weighted by Gasteiger charge is -2.13. The molecule has 27 heavy (non-hydrogen) atoms. The molecule has 0 radical (unpaired) electrons. The number of carboxylic acids is 1. The van der Waals surface area contributed by atoms with Gasteiger partial charge in [0, 0.05) is 10.8 Å². The summed E-state index contributed by atoms with van der Waals surface area (Å²) in [6.45, 7) is -0.808. The lowest BCUT2D eigenvalue weighted by molar-refractivity contribution is -0.137. The van der Waals surface area contributed by atoms with Crippen LogP contribution in [0.5, 0.6) is 0 Å². The van der Waals surface area contributed by atoms with Crippen molar-refractivity contribution in [3.8, 4) is 0 Å². The molecule has 8 heteroatoms. The molecule has 0 atom stereocenters. The van der Waals surface area contributed by atoms with E-state index in [1.54, 1.807) is 0 Å². The summed E-state index contributed by atoms with van der Waals surface area (Å²) in [4.78, 5) is 38.5. The van der Waals surface area contributed by atoms with Crippen molar-refractivity contribution in [2.24, 2.45) is 0 Å². The maximum Gasteiger partial charge on any atom is 0.322 e. The minimum Gasteiger partial charge on any atom is -0.480 e. The Hall–Kier alpha value is -3.68. The van der Waals surface area contributed by atoms with Crippen molar-refractivity contribution in [1.29, 1.82) is 0 Å². The first-order chi connectivity index (χ1) is 13.0. The molecule has 3 rings (SSSR count). The van der Waals surface area contributed by atoms with E-state index >= 15 is 0 Å². The number of para-hydroxylation sites is 2. The summed E-state index contributed by atoms with van der Waals surface area (Å²) in [5, 5.41) is 18.0. The first-order valence-electron chi connectivity index (χ1n) is 8.31. The third-order valence-electron chi connectivity index (χ3n) is 3.90. The summed E-state index contributed by atoms with van der Waals surface area (Å²) in [7, 11) is 0. The van der Waals surface area contributed by atoms with E-state index in [1.807, 2.05) is 48.5 Å². The smallest absolute Gasteiger partial charge is 0.322 e. The Morgan fingerprint density at radius 3 is 1.89 bits per heavy atom. The summed E-state index contributed by atoms with van der Waals surface area (Å²) >= 11 is 0. The third kappa shape index (κ3) is 4.49. The van der Waals surface area contributed by atoms with Gasteiger partial charge < -0.3 is 21.1 Å². The van der Waals surface area contributed by atoms with E-state index in [0.29, 0.717) is 0 Å². The van der Waals surface area contributed by atoms with Crippen molar-refractivity contribution >= 4 is 45.3 Å². The standard InChI is InChI=1S/C19H18N4O4/c24-16(21-11-18(26)27)9-20-17(25)10-22-19-12-5-1-3-7-14(12)23-15-8-4-2-6-13(15)19/h1-8H,9-11H2,(H,20,25)(H,21,24)(H,22,23)(H,26,27). The predicted molar refractivity (Wildman–Crippen MR) is 101 cm³/mol. The van der Waals surface area contributed by atoms with Gasteiger partial charge >= 0.3 is 5.97 Å². The number of nitrogens with one attached hydrogen (secondary N) is 3. The van der Waals surface area contributed by atoms with Crippen LogP contribution in [-0.2, 0) is 14.4 Å². The molecule has 0 fully saturated rings. The number of aliphatic carboxylic acids is 1. The summed E-state index contributed by atoms with van der Waals surface area (Å²) in [5.74, 6) is -2.09. The molecule has 1 heterocycles. The average Bonchev–Trinajstić information content (AvgIpc) is 2.67. The molecular weight excluding hydrogens is 348 g/mol. The fraction of sp³-hybridized carbons (Fsp3) is 0.158. The minimum atomic E-state index is -1.15. The number of fused-ring (bicyclic) bond motifs is 2. The van der Waals surface area contributed by atoms with Crippen LogP contribution in [0.25, 0.3) is 21.8 Å². The highest BCUT2D eigenvalue weighted by Gasteiger charge is 2.11. The van der Waals surface area contributed by atoms with E-state index in [9.17, 15) is 14.4 Å². The van der Waals surface area contributed by atoms with Crippen molar-refractivity contribution in [1.82, 2.24) is 15.6 Å². The van der Waals surface area contributed by atoms with Crippen LogP contribution in [-0.4, -0.2) is 47.5 Å². The summed E-state index contributed by atoms with van der Waals surface area (Å²) < 4.78 is 0. The molecule has 0 bridgehead atoms. The van der Waals surface area contributed by atoms with E-state index in [4.69, 9.17) is 5.11 Å². The highest BCUT2D eigenvalue weighted by atomic mass is 16.4. The average molecular weight is 366 g/mol. The van der Waals surface area contributed by atoms with Crippen LogP contribution in [0.1, 0.15) is 0 Å². The molecule has 2 amide bonds. The SMILES string of the molecule is O=C(O)CNC(=O)CNC(=O)CNc1c2ccccc2nc2ccccc12. The molecule has 0 saturated carbocycles. The normalized spacial score (nSPS) is 10.5. The van der Waals surface area contributed by atoms with Crippen LogP contribution in [0, 0.1) is 0 Å². The number of pyridine rings is 1. The largest absolute Gasteiger partial charge is 0.480 e. The maximum atomic E-state index is 12.0. The number of nitrogens with zero attached hydrogens (tertiary/aromatic N) is 1. The summed E-state index contributed by atoms with van der Waals surface area (Å²) in [6.07, 6.45) is 0. The molecule has 3 aromatic rings. The number of amides is 2. The second-order valence-corrected chi connectivity index (χ2v) is 5.82. The Balaban J connectivity index is 1.70. The molecule has 0 unspecified atom stereocenters. The number of rotatable bonds is 7. The van der Waals surface area contributed by atoms with E-state index < -0.39 is 18.4 Å². The van der Waals surface area contributed by atoms with E-state index in [1.165, 1.54) is 0 Å². The molecule has 1 aromatic heterocycles. The minimum absolute atomic E-state index is 0.0375. The van der Waals surface area contributed by atoms with Crippen LogP contribution in [0.4, 0.5) is 5.69 Å². The molecule has 0 aliphatic rings. The van der Waals surface area contributed by atoms with Gasteiger partial charge in [0.25, 0.3) is 0 Å². The van der Waals surface area contributed by atoms with Crippen LogP contribution >= 0.6 is 0 Å². The summed E-state index contributed by atoms with van der Waals surface area (Å²) in [6, 6.07) is 15.3. The second kappa shape index (κ2) is 8.13. The first-order valence-corrected chi connectivity index (χ1v) is 8.31. The van der Waals surface area contributed by atoms with Crippen LogP contribution in [0.3, 0.4) is 0 Å². The fourth-order valence-electron chi connectivity index (χ4n) is 2.68. The number of aromatic nitrogens is 1. The second-order valence-electron chi connectivity index (χ2n) is 5.82. The summed E-state index contributed by atoms with van der Waals surface area (Å²) in [5.41, 5.74) is 2.42. The highest BCUT2D eigenvalue weighted by molar-refractivity contribution is 6.08. The molecule has 8 nitrogen and oxygen atoms in total. The van der Waals surface area contributed by atoms with Crippen molar-refractivity contribution in [3.63, 3.8) is 0 Å². The van der Waals surface area contributed by atoms with Crippen molar-refractivity contribution in [2.75, 3.05) is 25.0 Å². The Kier molecular flexibility index (Phi) is 5.46. The number of benzene rings is 2. The van der Waals surface area contributed by atoms with Gasteiger partial charge in [0.2, 0.25) is 11.8 Å². The van der Waals surface area contributed by atoms with Crippen LogP contribution in [0.2, 0.25) is 0 Å². The quantitative estimate of drug-likeness (QED) is 0.465. The molecule has 4 N–H and O–H groups in total. The monoisotopic (exact) mass is 366 g/mol. The number of anilines is 1. The van der Waals surface area contributed by atoms with E-state index in [2.05, 4.69) is 20.9 Å². The molecule has 0 saturated heterocycles. The van der Waals surface area contributed by atoms with Crippen LogP contribution in [0.15, 0.2) is 48.5 Å².